The third kappa shape index (κ3) is 2.74. The molecule has 0 saturated carbocycles. The maximum atomic E-state index is 9.87. The number of nitrogens with two attached hydrogens (primary N) is 1. The summed E-state index contributed by atoms with van der Waals surface area (Å²) < 4.78 is 5.25. The molecular formula is C13H21NO2. The van der Waals surface area contributed by atoms with E-state index in [1.807, 2.05) is 18.2 Å². The summed E-state index contributed by atoms with van der Waals surface area (Å²) in [5.74, 6) is 0.870. The number of methoxy groups -OCH3 is 1. The summed E-state index contributed by atoms with van der Waals surface area (Å²) in [5, 5.41) is 9.87. The van der Waals surface area contributed by atoms with Crippen molar-refractivity contribution in [3.05, 3.63) is 29.3 Å². The predicted octanol–water partition coefficient (Wildman–Crippen LogP) is 2.03. The maximum absolute atomic E-state index is 9.87. The molecule has 0 bridgehead atoms. The molecule has 0 aliphatic rings. The quantitative estimate of drug-likeness (QED) is 0.821. The first-order valence-electron chi connectivity index (χ1n) is 5.55. The van der Waals surface area contributed by atoms with Crippen molar-refractivity contribution < 1.29 is 9.84 Å². The van der Waals surface area contributed by atoms with E-state index in [0.29, 0.717) is 0 Å². The highest BCUT2D eigenvalue weighted by molar-refractivity contribution is 5.39. The zero-order valence-electron chi connectivity index (χ0n) is 10.4. The van der Waals surface area contributed by atoms with Crippen molar-refractivity contribution in [1.29, 1.82) is 0 Å². The Bertz CT molecular complexity index is 355. The average molecular weight is 223 g/mol. The van der Waals surface area contributed by atoms with Gasteiger partial charge in [0.25, 0.3) is 0 Å². The molecule has 1 atom stereocenters. The van der Waals surface area contributed by atoms with Gasteiger partial charge in [-0.3, -0.25) is 0 Å². The molecule has 0 heterocycles. The average Bonchev–Trinajstić information content (AvgIpc) is 2.25. The van der Waals surface area contributed by atoms with Crippen molar-refractivity contribution in [2.24, 2.45) is 5.73 Å². The summed E-state index contributed by atoms with van der Waals surface area (Å²) in [4.78, 5) is 0. The third-order valence-electron chi connectivity index (χ3n) is 2.81. The Balaban J connectivity index is 3.08. The van der Waals surface area contributed by atoms with E-state index in [1.165, 1.54) is 0 Å². The molecule has 3 N–H and O–H groups in total. The zero-order chi connectivity index (χ0) is 12.3. The van der Waals surface area contributed by atoms with Gasteiger partial charge in [0.15, 0.2) is 0 Å². The summed E-state index contributed by atoms with van der Waals surface area (Å²) >= 11 is 0. The van der Waals surface area contributed by atoms with Crippen LogP contribution in [0, 0.1) is 0 Å². The molecule has 0 aromatic heterocycles. The van der Waals surface area contributed by atoms with Crippen LogP contribution in [-0.2, 0) is 6.42 Å². The summed E-state index contributed by atoms with van der Waals surface area (Å²) in [6.45, 7) is 5.50. The fraction of sp³-hybridized carbons (Fsp3) is 0.538. The smallest absolute Gasteiger partial charge is 0.122 e. The van der Waals surface area contributed by atoms with E-state index in [1.54, 1.807) is 21.0 Å². The number of aliphatic hydroxyl groups is 1. The molecule has 1 aromatic carbocycles. The van der Waals surface area contributed by atoms with Crippen LogP contribution in [0.25, 0.3) is 0 Å². The summed E-state index contributed by atoms with van der Waals surface area (Å²) in [6, 6.07) is 5.42. The second kappa shape index (κ2) is 4.85. The fourth-order valence-corrected chi connectivity index (χ4v) is 1.68. The Kier molecular flexibility index (Phi) is 3.94. The van der Waals surface area contributed by atoms with E-state index in [-0.39, 0.29) is 6.04 Å². The van der Waals surface area contributed by atoms with Crippen LogP contribution in [-0.4, -0.2) is 17.8 Å². The minimum absolute atomic E-state index is 0.385. The molecule has 0 amide bonds. The van der Waals surface area contributed by atoms with Gasteiger partial charge in [-0.25, -0.2) is 0 Å². The molecule has 0 aliphatic carbocycles. The van der Waals surface area contributed by atoms with Crippen LogP contribution >= 0.6 is 0 Å². The molecule has 90 valence electrons. The number of ether oxygens (including phenoxy) is 1. The summed E-state index contributed by atoms with van der Waals surface area (Å²) in [5.41, 5.74) is 7.13. The molecule has 0 radical (unpaired) electrons. The Morgan fingerprint density at radius 2 is 2.06 bits per heavy atom. The number of hydrogen-bond donors (Lipinski definition) is 2. The number of hydrogen-bond acceptors (Lipinski definition) is 3. The Morgan fingerprint density at radius 1 is 1.44 bits per heavy atom. The molecule has 0 aliphatic heterocycles. The number of rotatable bonds is 4. The van der Waals surface area contributed by atoms with E-state index in [0.717, 1.165) is 23.3 Å². The van der Waals surface area contributed by atoms with Gasteiger partial charge in [0.1, 0.15) is 5.75 Å². The van der Waals surface area contributed by atoms with E-state index in [2.05, 4.69) is 6.92 Å². The molecule has 0 spiro atoms. The molecule has 1 unspecified atom stereocenters. The van der Waals surface area contributed by atoms with Crippen LogP contribution in [0.2, 0.25) is 0 Å². The second-order valence-electron chi connectivity index (χ2n) is 4.56. The van der Waals surface area contributed by atoms with Gasteiger partial charge >= 0.3 is 0 Å². The van der Waals surface area contributed by atoms with Gasteiger partial charge in [-0.2, -0.15) is 0 Å². The molecule has 1 rings (SSSR count). The minimum Gasteiger partial charge on any atom is -0.496 e. The van der Waals surface area contributed by atoms with Crippen LogP contribution in [0.1, 0.15) is 37.9 Å². The predicted molar refractivity (Wildman–Crippen MR) is 65.6 cm³/mol. The SMILES string of the molecule is CCc1cc(C(N)C(C)(C)O)ccc1OC. The lowest BCUT2D eigenvalue weighted by atomic mass is 9.91. The van der Waals surface area contributed by atoms with Gasteiger partial charge in [-0.15, -0.1) is 0 Å². The monoisotopic (exact) mass is 223 g/mol. The van der Waals surface area contributed by atoms with Crippen LogP contribution in [0.15, 0.2) is 18.2 Å². The van der Waals surface area contributed by atoms with E-state index in [9.17, 15) is 5.11 Å². The van der Waals surface area contributed by atoms with Gasteiger partial charge < -0.3 is 15.6 Å². The standard InChI is InChI=1S/C13H21NO2/c1-5-9-8-10(6-7-11(9)16-4)12(14)13(2,3)15/h6-8,12,15H,5,14H2,1-4H3. The highest BCUT2D eigenvalue weighted by atomic mass is 16.5. The molecule has 1 aromatic rings. The highest BCUT2D eigenvalue weighted by Crippen LogP contribution is 2.27. The van der Waals surface area contributed by atoms with E-state index >= 15 is 0 Å². The molecule has 16 heavy (non-hydrogen) atoms. The normalized spacial score (nSPS) is 13.6. The van der Waals surface area contributed by atoms with Crippen LogP contribution < -0.4 is 10.5 Å². The lowest BCUT2D eigenvalue weighted by Gasteiger charge is -2.26. The molecular weight excluding hydrogens is 202 g/mol. The van der Waals surface area contributed by atoms with Crippen molar-refractivity contribution in [3.8, 4) is 5.75 Å². The van der Waals surface area contributed by atoms with Crippen molar-refractivity contribution in [2.45, 2.75) is 38.8 Å². The van der Waals surface area contributed by atoms with Gasteiger partial charge in [0.05, 0.1) is 18.8 Å². The second-order valence-corrected chi connectivity index (χ2v) is 4.56. The summed E-state index contributed by atoms with van der Waals surface area (Å²) in [7, 11) is 1.66. The van der Waals surface area contributed by atoms with E-state index < -0.39 is 5.60 Å². The van der Waals surface area contributed by atoms with Gasteiger partial charge in [-0.1, -0.05) is 19.1 Å². The zero-order valence-corrected chi connectivity index (χ0v) is 10.4. The van der Waals surface area contributed by atoms with Crippen LogP contribution in [0.3, 0.4) is 0 Å². The third-order valence-corrected chi connectivity index (χ3v) is 2.81. The Labute approximate surface area is 97.2 Å². The lowest BCUT2D eigenvalue weighted by molar-refractivity contribution is 0.0517. The number of benzene rings is 1. The molecule has 0 saturated heterocycles. The first kappa shape index (κ1) is 13.0. The highest BCUT2D eigenvalue weighted by Gasteiger charge is 2.24. The maximum Gasteiger partial charge on any atom is 0.122 e. The van der Waals surface area contributed by atoms with Crippen LogP contribution in [0.5, 0.6) is 5.75 Å². The minimum atomic E-state index is -0.917. The van der Waals surface area contributed by atoms with E-state index in [4.69, 9.17) is 10.5 Å². The Hall–Kier alpha value is -1.06. The van der Waals surface area contributed by atoms with Gasteiger partial charge in [0, 0.05) is 0 Å². The molecule has 3 nitrogen and oxygen atoms in total. The summed E-state index contributed by atoms with van der Waals surface area (Å²) in [6.07, 6.45) is 0.885. The van der Waals surface area contributed by atoms with Gasteiger partial charge in [-0.05, 0) is 37.5 Å². The fourth-order valence-electron chi connectivity index (χ4n) is 1.68. The van der Waals surface area contributed by atoms with Gasteiger partial charge in [0.2, 0.25) is 0 Å². The first-order chi connectivity index (χ1) is 7.40. The number of aryl methyl sites for hydroxylation is 1. The van der Waals surface area contributed by atoms with Crippen molar-refractivity contribution in [3.63, 3.8) is 0 Å². The Morgan fingerprint density at radius 3 is 2.50 bits per heavy atom. The first-order valence-corrected chi connectivity index (χ1v) is 5.55. The molecule has 0 fully saturated rings. The van der Waals surface area contributed by atoms with Crippen molar-refractivity contribution in [2.75, 3.05) is 7.11 Å². The van der Waals surface area contributed by atoms with Crippen molar-refractivity contribution in [1.82, 2.24) is 0 Å². The lowest BCUT2D eigenvalue weighted by Crippen LogP contribution is -2.35. The topological polar surface area (TPSA) is 55.5 Å². The largest absolute Gasteiger partial charge is 0.496 e. The van der Waals surface area contributed by atoms with Crippen molar-refractivity contribution >= 4 is 0 Å². The molecule has 3 heteroatoms. The van der Waals surface area contributed by atoms with Crippen LogP contribution in [0.4, 0.5) is 0 Å².